The lowest BCUT2D eigenvalue weighted by Gasteiger charge is -2.10. The number of benzene rings is 1. The predicted octanol–water partition coefficient (Wildman–Crippen LogP) is 3.28. The molecule has 0 saturated heterocycles. The lowest BCUT2D eigenvalue weighted by atomic mass is 10.1. The van der Waals surface area contributed by atoms with E-state index >= 15 is 0 Å². The van der Waals surface area contributed by atoms with Crippen molar-refractivity contribution in [3.05, 3.63) is 23.2 Å². The monoisotopic (exact) mass is 287 g/mol. The largest absolute Gasteiger partial charge is 0.399 e. The number of nitrogen functional groups attached to an aromatic ring is 1. The van der Waals surface area contributed by atoms with Crippen molar-refractivity contribution < 1.29 is 8.42 Å². The van der Waals surface area contributed by atoms with Crippen molar-refractivity contribution in [1.29, 1.82) is 0 Å². The molecule has 1 aromatic rings. The molecule has 0 atom stereocenters. The molecule has 0 radical (unpaired) electrons. The van der Waals surface area contributed by atoms with Gasteiger partial charge < -0.3 is 5.73 Å². The van der Waals surface area contributed by atoms with Gasteiger partial charge in [0.15, 0.2) is 9.84 Å². The highest BCUT2D eigenvalue weighted by atomic mass is 35.5. The van der Waals surface area contributed by atoms with Gasteiger partial charge in [0.05, 0.1) is 15.7 Å². The summed E-state index contributed by atoms with van der Waals surface area (Å²) in [5.41, 5.74) is 6.05. The second-order valence-corrected chi connectivity index (χ2v) is 7.43. The Bertz CT molecular complexity index is 522. The maximum Gasteiger partial charge on any atom is 0.179 e. The molecule has 2 rings (SSSR count). The highest BCUT2D eigenvalue weighted by Crippen LogP contribution is 2.30. The molecule has 5 heteroatoms. The molecule has 0 bridgehead atoms. The van der Waals surface area contributed by atoms with Gasteiger partial charge in [-0.25, -0.2) is 8.42 Å². The minimum absolute atomic E-state index is 0.182. The number of hydrogen-bond donors (Lipinski definition) is 1. The van der Waals surface area contributed by atoms with E-state index in [-0.39, 0.29) is 15.7 Å². The van der Waals surface area contributed by atoms with Crippen molar-refractivity contribution in [3.8, 4) is 0 Å². The molecular formula is C13H18ClNO2S. The Labute approximate surface area is 113 Å². The normalized spacial score (nSPS) is 17.2. The molecule has 1 aromatic carbocycles. The second kappa shape index (κ2) is 5.49. The van der Waals surface area contributed by atoms with Crippen LogP contribution in [0.5, 0.6) is 0 Å². The van der Waals surface area contributed by atoms with Gasteiger partial charge in [-0.2, -0.15) is 0 Å². The van der Waals surface area contributed by atoms with E-state index < -0.39 is 9.84 Å². The van der Waals surface area contributed by atoms with Gasteiger partial charge in [0.2, 0.25) is 0 Å². The molecule has 0 unspecified atom stereocenters. The molecule has 0 heterocycles. The van der Waals surface area contributed by atoms with Gasteiger partial charge in [0, 0.05) is 5.69 Å². The van der Waals surface area contributed by atoms with Crippen molar-refractivity contribution in [3.63, 3.8) is 0 Å². The van der Waals surface area contributed by atoms with Gasteiger partial charge in [0.1, 0.15) is 0 Å². The van der Waals surface area contributed by atoms with Gasteiger partial charge in [-0.05, 0) is 30.5 Å². The number of hydrogen-bond acceptors (Lipinski definition) is 3. The number of anilines is 1. The molecule has 100 valence electrons. The van der Waals surface area contributed by atoms with Crippen molar-refractivity contribution in [2.45, 2.75) is 37.0 Å². The maximum absolute atomic E-state index is 12.2. The maximum atomic E-state index is 12.2. The van der Waals surface area contributed by atoms with Gasteiger partial charge in [-0.3, -0.25) is 0 Å². The first-order valence-electron chi connectivity index (χ1n) is 6.27. The molecule has 3 nitrogen and oxygen atoms in total. The lowest BCUT2D eigenvalue weighted by molar-refractivity contribution is 0.521. The van der Waals surface area contributed by atoms with Crippen LogP contribution < -0.4 is 5.73 Å². The molecular weight excluding hydrogens is 270 g/mol. The van der Waals surface area contributed by atoms with Crippen LogP contribution >= 0.6 is 11.6 Å². The predicted molar refractivity (Wildman–Crippen MR) is 74.5 cm³/mol. The van der Waals surface area contributed by atoms with Crippen LogP contribution in [0, 0.1) is 5.92 Å². The Morgan fingerprint density at radius 3 is 2.56 bits per heavy atom. The van der Waals surface area contributed by atoms with E-state index in [9.17, 15) is 8.42 Å². The molecule has 1 aliphatic rings. The van der Waals surface area contributed by atoms with Crippen molar-refractivity contribution in [2.75, 3.05) is 11.5 Å². The SMILES string of the molecule is Nc1ccc(S(=O)(=O)CCC2CCCC2)c(Cl)c1. The quantitative estimate of drug-likeness (QED) is 0.865. The van der Waals surface area contributed by atoms with E-state index in [4.69, 9.17) is 17.3 Å². The molecule has 0 amide bonds. The van der Waals surface area contributed by atoms with Crippen LogP contribution in [0.1, 0.15) is 32.1 Å². The molecule has 1 saturated carbocycles. The minimum atomic E-state index is -3.28. The van der Waals surface area contributed by atoms with Crippen molar-refractivity contribution in [2.24, 2.45) is 5.92 Å². The fraction of sp³-hybridized carbons (Fsp3) is 0.538. The van der Waals surface area contributed by atoms with Crippen LogP contribution in [-0.2, 0) is 9.84 Å². The summed E-state index contributed by atoms with van der Waals surface area (Å²) >= 11 is 5.95. The lowest BCUT2D eigenvalue weighted by Crippen LogP contribution is -2.11. The standard InChI is InChI=1S/C13H18ClNO2S/c14-12-9-11(15)5-6-13(12)18(16,17)8-7-10-3-1-2-4-10/h5-6,9-10H,1-4,7-8,15H2. The Balaban J connectivity index is 2.09. The van der Waals surface area contributed by atoms with Gasteiger partial charge in [-0.1, -0.05) is 37.3 Å². The second-order valence-electron chi connectivity index (χ2n) is 4.95. The van der Waals surface area contributed by atoms with Gasteiger partial charge in [0.25, 0.3) is 0 Å². The summed E-state index contributed by atoms with van der Waals surface area (Å²) in [6, 6.07) is 4.57. The molecule has 0 aliphatic heterocycles. The Kier molecular flexibility index (Phi) is 4.17. The van der Waals surface area contributed by atoms with E-state index in [1.165, 1.54) is 25.0 Å². The van der Waals surface area contributed by atoms with Crippen LogP contribution in [0.2, 0.25) is 5.02 Å². The van der Waals surface area contributed by atoms with E-state index in [0.29, 0.717) is 11.6 Å². The van der Waals surface area contributed by atoms with Crippen LogP contribution in [0.4, 0.5) is 5.69 Å². The average molecular weight is 288 g/mol. The van der Waals surface area contributed by atoms with E-state index in [0.717, 1.165) is 19.3 Å². The molecule has 0 spiro atoms. The van der Waals surface area contributed by atoms with Crippen LogP contribution in [-0.4, -0.2) is 14.2 Å². The molecule has 0 aromatic heterocycles. The summed E-state index contributed by atoms with van der Waals surface area (Å²) in [5.74, 6) is 0.744. The first-order valence-corrected chi connectivity index (χ1v) is 8.30. The van der Waals surface area contributed by atoms with Crippen LogP contribution in [0.25, 0.3) is 0 Å². The zero-order valence-corrected chi connectivity index (χ0v) is 11.8. The number of sulfone groups is 1. The van der Waals surface area contributed by atoms with E-state index in [1.54, 1.807) is 6.07 Å². The van der Waals surface area contributed by atoms with Gasteiger partial charge in [-0.15, -0.1) is 0 Å². The third-order valence-corrected chi connectivity index (χ3v) is 5.78. The third-order valence-electron chi connectivity index (χ3n) is 3.56. The minimum Gasteiger partial charge on any atom is -0.399 e. The fourth-order valence-electron chi connectivity index (χ4n) is 2.50. The van der Waals surface area contributed by atoms with Crippen molar-refractivity contribution >= 4 is 27.1 Å². The molecule has 2 N–H and O–H groups in total. The van der Waals surface area contributed by atoms with E-state index in [1.807, 2.05) is 0 Å². The van der Waals surface area contributed by atoms with Gasteiger partial charge >= 0.3 is 0 Å². The summed E-state index contributed by atoms with van der Waals surface area (Å²) < 4.78 is 24.4. The highest BCUT2D eigenvalue weighted by Gasteiger charge is 2.22. The van der Waals surface area contributed by atoms with Crippen LogP contribution in [0.15, 0.2) is 23.1 Å². The number of rotatable bonds is 4. The summed E-state index contributed by atoms with van der Waals surface area (Å²) in [7, 11) is -3.28. The fourth-order valence-corrected chi connectivity index (χ4v) is 4.54. The molecule has 1 aliphatic carbocycles. The zero-order valence-electron chi connectivity index (χ0n) is 10.2. The summed E-state index contributed by atoms with van der Waals surface area (Å²) in [6.45, 7) is 0. The number of nitrogens with two attached hydrogens (primary N) is 1. The Hall–Kier alpha value is -0.740. The van der Waals surface area contributed by atoms with Crippen LogP contribution in [0.3, 0.4) is 0 Å². The number of halogens is 1. The Morgan fingerprint density at radius 2 is 1.94 bits per heavy atom. The summed E-state index contributed by atoms with van der Waals surface area (Å²) in [6.07, 6.45) is 5.51. The zero-order chi connectivity index (χ0) is 13.2. The summed E-state index contributed by atoms with van der Waals surface area (Å²) in [5, 5.41) is 0.224. The highest BCUT2D eigenvalue weighted by molar-refractivity contribution is 7.91. The molecule has 1 fully saturated rings. The topological polar surface area (TPSA) is 60.2 Å². The molecule has 18 heavy (non-hydrogen) atoms. The van der Waals surface area contributed by atoms with E-state index in [2.05, 4.69) is 0 Å². The third kappa shape index (κ3) is 3.18. The Morgan fingerprint density at radius 1 is 1.28 bits per heavy atom. The first-order chi connectivity index (χ1) is 8.49. The first kappa shape index (κ1) is 13.7. The average Bonchev–Trinajstić information content (AvgIpc) is 2.78. The smallest absolute Gasteiger partial charge is 0.179 e. The van der Waals surface area contributed by atoms with Crippen molar-refractivity contribution in [1.82, 2.24) is 0 Å². The summed E-state index contributed by atoms with van der Waals surface area (Å²) in [4.78, 5) is 0.205.